The zero-order chi connectivity index (χ0) is 16.8. The van der Waals surface area contributed by atoms with Gasteiger partial charge >= 0.3 is 155 Å². The topological polar surface area (TPSA) is 0 Å². The van der Waals surface area contributed by atoms with Crippen LogP contribution in [0.15, 0.2) is 59.7 Å². The first-order chi connectivity index (χ1) is 11.6. The molecule has 2 aromatic carbocycles. The van der Waals surface area contributed by atoms with Gasteiger partial charge in [-0.3, -0.25) is 0 Å². The molecule has 2 aromatic rings. The van der Waals surface area contributed by atoms with Gasteiger partial charge in [-0.05, 0) is 0 Å². The van der Waals surface area contributed by atoms with E-state index in [1.807, 2.05) is 0 Å². The van der Waals surface area contributed by atoms with Crippen molar-refractivity contribution in [3.8, 4) is 0 Å². The van der Waals surface area contributed by atoms with Gasteiger partial charge in [-0.1, -0.05) is 0 Å². The monoisotopic (exact) mass is 445 g/mol. The SMILES string of the molecule is CC1=Cc2ccccc2[CH]1[Zr+2]([CH]1C(C)=Cc2ccccc21)[SiH](C)C.[F-].[F-]. The van der Waals surface area contributed by atoms with E-state index in [1.54, 1.807) is 22.3 Å². The zero-order valence-electron chi connectivity index (χ0n) is 15.8. The molecule has 26 heavy (non-hydrogen) atoms. The molecule has 0 N–H and O–H groups in total. The molecule has 0 nitrogen and oxygen atoms in total. The van der Waals surface area contributed by atoms with Gasteiger partial charge in [0.05, 0.1) is 0 Å². The zero-order valence-corrected chi connectivity index (χ0v) is 19.4. The maximum Gasteiger partial charge on any atom is -1.00 e. The number of halogens is 2. The summed E-state index contributed by atoms with van der Waals surface area (Å²) in [6, 6.07) is 18.3. The van der Waals surface area contributed by atoms with Crippen LogP contribution >= 0.6 is 0 Å². The number of rotatable bonds is 3. The Morgan fingerprint density at radius 1 is 0.692 bits per heavy atom. The van der Waals surface area contributed by atoms with Crippen LogP contribution in [0.4, 0.5) is 0 Å². The van der Waals surface area contributed by atoms with E-state index >= 15 is 0 Å². The minimum Gasteiger partial charge on any atom is -1.00 e. The van der Waals surface area contributed by atoms with Crippen LogP contribution in [0.5, 0.6) is 0 Å². The smallest absolute Gasteiger partial charge is 1.00 e. The van der Waals surface area contributed by atoms with Crippen molar-refractivity contribution in [3.63, 3.8) is 0 Å². The molecule has 135 valence electrons. The van der Waals surface area contributed by atoms with E-state index in [2.05, 4.69) is 87.6 Å². The predicted molar refractivity (Wildman–Crippen MR) is 105 cm³/mol. The minimum atomic E-state index is -1.72. The molecule has 2 atom stereocenters. The normalized spacial score (nSPS) is 19.7. The van der Waals surface area contributed by atoms with Crippen LogP contribution in [0.25, 0.3) is 12.2 Å². The van der Waals surface area contributed by atoms with Crippen molar-refractivity contribution in [1.29, 1.82) is 0 Å². The van der Waals surface area contributed by atoms with Crippen molar-refractivity contribution >= 4 is 18.1 Å². The van der Waals surface area contributed by atoms with Crippen LogP contribution in [-0.4, -0.2) is 5.92 Å². The van der Waals surface area contributed by atoms with Crippen molar-refractivity contribution in [3.05, 3.63) is 81.9 Å². The van der Waals surface area contributed by atoms with Crippen LogP contribution in [0, 0.1) is 0 Å². The van der Waals surface area contributed by atoms with Gasteiger partial charge in [0.15, 0.2) is 0 Å². The Balaban J connectivity index is 0.00000121. The molecule has 0 spiro atoms. The second kappa shape index (κ2) is 8.27. The van der Waals surface area contributed by atoms with E-state index in [0.29, 0.717) is 0 Å². The third kappa shape index (κ3) is 3.39. The Morgan fingerprint density at radius 3 is 1.46 bits per heavy atom. The molecule has 4 heteroatoms. The largest absolute Gasteiger partial charge is 1.00 e. The maximum absolute atomic E-state index is 2.62. The van der Waals surface area contributed by atoms with Crippen LogP contribution in [0.1, 0.15) is 43.4 Å². The van der Waals surface area contributed by atoms with Gasteiger partial charge in [0, 0.05) is 0 Å². The molecule has 0 saturated carbocycles. The Labute approximate surface area is 164 Å². The van der Waals surface area contributed by atoms with Crippen LogP contribution in [0.2, 0.25) is 13.1 Å². The van der Waals surface area contributed by atoms with Crippen molar-refractivity contribution in [2.75, 3.05) is 0 Å². The molecule has 0 radical (unpaired) electrons. The summed E-state index contributed by atoms with van der Waals surface area (Å²) in [7, 11) is 0. The Hall–Kier alpha value is -1.12. The molecule has 0 aromatic heterocycles. The van der Waals surface area contributed by atoms with E-state index in [9.17, 15) is 0 Å². The number of benzene rings is 2. The molecule has 4 rings (SSSR count). The summed E-state index contributed by atoms with van der Waals surface area (Å²) in [6.07, 6.45) is 4.94. The van der Waals surface area contributed by atoms with Crippen molar-refractivity contribution in [2.45, 2.75) is 34.2 Å². The fourth-order valence-electron chi connectivity index (χ4n) is 4.68. The van der Waals surface area contributed by atoms with Gasteiger partial charge in [-0.25, -0.2) is 0 Å². The van der Waals surface area contributed by atoms with Crippen molar-refractivity contribution in [2.24, 2.45) is 0 Å². The average molecular weight is 447 g/mol. The van der Waals surface area contributed by atoms with E-state index in [0.717, 1.165) is 7.25 Å². The molecule has 0 bridgehead atoms. The second-order valence-electron chi connectivity index (χ2n) is 7.56. The van der Waals surface area contributed by atoms with Gasteiger partial charge in [-0.2, -0.15) is 0 Å². The first-order valence-corrected chi connectivity index (χ1v) is 19.0. The van der Waals surface area contributed by atoms with E-state index in [-0.39, 0.29) is 9.41 Å². The maximum atomic E-state index is 2.62. The summed E-state index contributed by atoms with van der Waals surface area (Å²) in [6.45, 7) is 10.0. The third-order valence-corrected chi connectivity index (χ3v) is 27.8. The molecule has 0 saturated heterocycles. The van der Waals surface area contributed by atoms with Gasteiger partial charge in [0.2, 0.25) is 0 Å². The molecule has 0 aliphatic heterocycles. The Kier molecular flexibility index (Phi) is 6.74. The van der Waals surface area contributed by atoms with Crippen molar-refractivity contribution in [1.82, 2.24) is 0 Å². The summed E-state index contributed by atoms with van der Waals surface area (Å²) in [5, 5.41) is 0. The summed E-state index contributed by atoms with van der Waals surface area (Å²) in [4.78, 5) is 0. The number of allylic oxidation sites excluding steroid dienone is 2. The van der Waals surface area contributed by atoms with Crippen LogP contribution in [-0.2, 0) is 20.9 Å². The first-order valence-electron chi connectivity index (χ1n) is 8.98. The first kappa shape index (κ1) is 21.2. The Morgan fingerprint density at radius 2 is 1.08 bits per heavy atom. The molecule has 2 aliphatic carbocycles. The number of fused-ring (bicyclic) bond motifs is 2. The molecule has 2 unspecified atom stereocenters. The van der Waals surface area contributed by atoms with Gasteiger partial charge < -0.3 is 9.41 Å². The summed E-state index contributed by atoms with van der Waals surface area (Å²) in [5.41, 5.74) is 9.54. The molecular weight excluding hydrogens is 422 g/mol. The van der Waals surface area contributed by atoms with Crippen LogP contribution in [0.3, 0.4) is 0 Å². The molecule has 0 amide bonds. The molecule has 0 fully saturated rings. The van der Waals surface area contributed by atoms with Gasteiger partial charge in [0.1, 0.15) is 0 Å². The predicted octanol–water partition coefficient (Wildman–Crippen LogP) is -0.0876. The van der Waals surface area contributed by atoms with E-state index in [1.165, 1.54) is 11.1 Å². The van der Waals surface area contributed by atoms with Crippen molar-refractivity contribution < 1.29 is 30.3 Å². The summed E-state index contributed by atoms with van der Waals surface area (Å²) in [5.74, 6) is -0.671. The molecule has 2 aliphatic rings. The number of hydrogen-bond donors (Lipinski definition) is 0. The van der Waals surface area contributed by atoms with E-state index < -0.39 is 26.8 Å². The summed E-state index contributed by atoms with van der Waals surface area (Å²) >= 11 is -1.72. The van der Waals surface area contributed by atoms with Gasteiger partial charge in [0.25, 0.3) is 0 Å². The van der Waals surface area contributed by atoms with E-state index in [4.69, 9.17) is 0 Å². The fourth-order valence-corrected chi connectivity index (χ4v) is 27.9. The quantitative estimate of drug-likeness (QED) is 0.579. The fraction of sp³-hybridized carbons (Fsp3) is 0.273. The second-order valence-corrected chi connectivity index (χ2v) is 27.6. The average Bonchev–Trinajstić information content (AvgIpc) is 3.05. The van der Waals surface area contributed by atoms with Crippen LogP contribution < -0.4 is 9.41 Å². The minimum absolute atomic E-state index is 0. The third-order valence-electron chi connectivity index (χ3n) is 5.62. The van der Waals surface area contributed by atoms with Gasteiger partial charge in [-0.15, -0.1) is 0 Å². The summed E-state index contributed by atoms with van der Waals surface area (Å²) < 4.78 is 1.57. The molecular formula is C22H25F2SiZr. The standard InChI is InChI=1S/2C10H9.C2H7Si.2FH.Zr/c2*1-8-6-9-4-2-3-5-10(9)7-8;1-3-2;;;/h2*2-7H,1H3;3H,1-2H3;2*1H;/q;;;;;+2/p-2. The molecule has 0 heterocycles. The Bertz CT molecular complexity index is 789. The number of hydrogen-bond acceptors (Lipinski definition) is 0.